The molecule has 3 N–H and O–H groups in total. The molecular formula is C27H47NO3. The average molecular weight is 434 g/mol. The first kappa shape index (κ1) is 23.5. The van der Waals surface area contributed by atoms with Crippen LogP contribution in [0.15, 0.2) is 0 Å². The molecule has 31 heavy (non-hydrogen) atoms. The lowest BCUT2D eigenvalue weighted by atomic mass is 9.44. The molecule has 4 aliphatic rings. The highest BCUT2D eigenvalue weighted by molar-refractivity contribution is 5.75. The van der Waals surface area contributed by atoms with Gasteiger partial charge < -0.3 is 15.5 Å². The largest absolute Gasteiger partial charge is 0.366 e. The fraction of sp³-hybridized carbons (Fsp3) is 0.963. The molecule has 8 atom stereocenters. The second-order valence-electron chi connectivity index (χ2n) is 12.4. The Balaban J connectivity index is 1.42. The van der Waals surface area contributed by atoms with Gasteiger partial charge in [0.05, 0.1) is 0 Å². The number of fused-ring (bicyclic) bond motifs is 5. The van der Waals surface area contributed by atoms with Gasteiger partial charge in [0, 0.05) is 25.8 Å². The van der Waals surface area contributed by atoms with E-state index in [9.17, 15) is 15.0 Å². The summed E-state index contributed by atoms with van der Waals surface area (Å²) in [5, 5.41) is 23.6. The maximum Gasteiger partial charge on any atom is 0.220 e. The Morgan fingerprint density at radius 3 is 2.48 bits per heavy atom. The Hall–Kier alpha value is -0.610. The highest BCUT2D eigenvalue weighted by atomic mass is 16.5. The SMILES string of the molecule is CCCNC(=O)CCC(C)C1CCC2C3CCC4CC(O)(O)CCC4(C)C3CCC12C. The zero-order valence-corrected chi connectivity index (χ0v) is 20.5. The van der Waals surface area contributed by atoms with Crippen LogP contribution in [-0.4, -0.2) is 28.5 Å². The van der Waals surface area contributed by atoms with E-state index in [2.05, 4.69) is 33.0 Å². The summed E-state index contributed by atoms with van der Waals surface area (Å²) in [6, 6.07) is 0. The summed E-state index contributed by atoms with van der Waals surface area (Å²) < 4.78 is 0. The molecule has 1 amide bonds. The molecule has 0 aromatic rings. The summed E-state index contributed by atoms with van der Waals surface area (Å²) >= 11 is 0. The van der Waals surface area contributed by atoms with E-state index in [1.807, 2.05) is 0 Å². The molecule has 0 aromatic carbocycles. The van der Waals surface area contributed by atoms with Crippen LogP contribution in [0.25, 0.3) is 0 Å². The fourth-order valence-electron chi connectivity index (χ4n) is 9.11. The third-order valence-electron chi connectivity index (χ3n) is 10.9. The Kier molecular flexibility index (Phi) is 6.55. The van der Waals surface area contributed by atoms with Crippen molar-refractivity contribution in [3.63, 3.8) is 0 Å². The monoisotopic (exact) mass is 433 g/mol. The predicted octanol–water partition coefficient (Wildman–Crippen LogP) is 5.27. The number of aliphatic hydroxyl groups is 2. The normalized spacial score (nSPS) is 44.6. The molecule has 0 saturated heterocycles. The molecule has 4 heteroatoms. The zero-order chi connectivity index (χ0) is 22.4. The highest BCUT2D eigenvalue weighted by Crippen LogP contribution is 2.68. The molecule has 0 spiro atoms. The van der Waals surface area contributed by atoms with Crippen molar-refractivity contribution in [2.45, 2.75) is 111 Å². The van der Waals surface area contributed by atoms with E-state index >= 15 is 0 Å². The molecule has 4 aliphatic carbocycles. The summed E-state index contributed by atoms with van der Waals surface area (Å²) in [6.45, 7) is 10.4. The Morgan fingerprint density at radius 1 is 1.00 bits per heavy atom. The van der Waals surface area contributed by atoms with Crippen molar-refractivity contribution in [3.8, 4) is 0 Å². The second kappa shape index (κ2) is 8.63. The van der Waals surface area contributed by atoms with Crippen LogP contribution in [0.4, 0.5) is 0 Å². The van der Waals surface area contributed by atoms with Crippen molar-refractivity contribution in [1.29, 1.82) is 0 Å². The summed E-state index contributed by atoms with van der Waals surface area (Å²) in [7, 11) is 0. The van der Waals surface area contributed by atoms with Crippen LogP contribution in [-0.2, 0) is 4.79 Å². The van der Waals surface area contributed by atoms with E-state index in [0.29, 0.717) is 41.9 Å². The summed E-state index contributed by atoms with van der Waals surface area (Å²) in [6.07, 6.45) is 12.6. The molecule has 8 unspecified atom stereocenters. The number of amides is 1. The number of carbonyl (C=O) groups excluding carboxylic acids is 1. The molecule has 0 heterocycles. The molecular weight excluding hydrogens is 386 g/mol. The molecule has 4 fully saturated rings. The quantitative estimate of drug-likeness (QED) is 0.500. The van der Waals surface area contributed by atoms with Gasteiger partial charge >= 0.3 is 0 Å². The van der Waals surface area contributed by atoms with Gasteiger partial charge in [-0.05, 0) is 104 Å². The van der Waals surface area contributed by atoms with Gasteiger partial charge in [0.2, 0.25) is 5.91 Å². The minimum absolute atomic E-state index is 0.226. The zero-order valence-electron chi connectivity index (χ0n) is 20.5. The van der Waals surface area contributed by atoms with Gasteiger partial charge in [-0.15, -0.1) is 0 Å². The minimum Gasteiger partial charge on any atom is -0.366 e. The predicted molar refractivity (Wildman–Crippen MR) is 124 cm³/mol. The molecule has 0 radical (unpaired) electrons. The van der Waals surface area contributed by atoms with Gasteiger partial charge in [0.1, 0.15) is 0 Å². The third-order valence-corrected chi connectivity index (χ3v) is 10.9. The van der Waals surface area contributed by atoms with Gasteiger partial charge in [-0.25, -0.2) is 0 Å². The van der Waals surface area contributed by atoms with Crippen molar-refractivity contribution in [2.24, 2.45) is 46.3 Å². The lowest BCUT2D eigenvalue weighted by Crippen LogP contribution is -2.56. The summed E-state index contributed by atoms with van der Waals surface area (Å²) in [5.41, 5.74) is 0.719. The maximum atomic E-state index is 12.1. The van der Waals surface area contributed by atoms with Crippen molar-refractivity contribution in [3.05, 3.63) is 0 Å². The van der Waals surface area contributed by atoms with Gasteiger partial charge in [-0.3, -0.25) is 4.79 Å². The molecule has 0 bridgehead atoms. The van der Waals surface area contributed by atoms with Crippen LogP contribution in [0, 0.1) is 46.3 Å². The number of nitrogens with one attached hydrogen (secondary N) is 1. The topological polar surface area (TPSA) is 69.6 Å². The van der Waals surface area contributed by atoms with Crippen LogP contribution in [0.5, 0.6) is 0 Å². The lowest BCUT2D eigenvalue weighted by molar-refractivity contribution is -0.233. The fourth-order valence-corrected chi connectivity index (χ4v) is 9.11. The van der Waals surface area contributed by atoms with Crippen molar-refractivity contribution in [2.75, 3.05) is 6.54 Å². The second-order valence-corrected chi connectivity index (χ2v) is 12.4. The van der Waals surface area contributed by atoms with Crippen LogP contribution >= 0.6 is 0 Å². The van der Waals surface area contributed by atoms with Crippen molar-refractivity contribution < 1.29 is 15.0 Å². The molecule has 178 valence electrons. The average Bonchev–Trinajstić information content (AvgIpc) is 3.08. The Labute approximate surface area is 190 Å². The standard InChI is InChI=1S/C27H47NO3/c1-5-16-28-24(29)11-6-18(2)21-9-10-22-20-8-7-19-17-27(30,31)15-14-25(19,3)23(20)12-13-26(21,22)4/h18-23,30-31H,5-17H2,1-4H3,(H,28,29). The van der Waals surface area contributed by atoms with Crippen molar-refractivity contribution >= 4 is 5.91 Å². The van der Waals surface area contributed by atoms with Gasteiger partial charge in [0.25, 0.3) is 0 Å². The van der Waals surface area contributed by atoms with Gasteiger partial charge in [0.15, 0.2) is 5.79 Å². The molecule has 4 nitrogen and oxygen atoms in total. The number of hydrogen-bond donors (Lipinski definition) is 3. The first-order chi connectivity index (χ1) is 14.6. The molecule has 0 aromatic heterocycles. The van der Waals surface area contributed by atoms with E-state index in [1.165, 1.54) is 38.5 Å². The van der Waals surface area contributed by atoms with Crippen LogP contribution in [0.1, 0.15) is 105 Å². The summed E-state index contributed by atoms with van der Waals surface area (Å²) in [4.78, 5) is 12.1. The number of hydrogen-bond acceptors (Lipinski definition) is 3. The third kappa shape index (κ3) is 4.21. The van der Waals surface area contributed by atoms with Gasteiger partial charge in [-0.1, -0.05) is 27.7 Å². The lowest BCUT2D eigenvalue weighted by Gasteiger charge is -2.61. The van der Waals surface area contributed by atoms with Crippen LogP contribution in [0.3, 0.4) is 0 Å². The van der Waals surface area contributed by atoms with Gasteiger partial charge in [-0.2, -0.15) is 0 Å². The van der Waals surface area contributed by atoms with Crippen molar-refractivity contribution in [1.82, 2.24) is 5.32 Å². The Bertz CT molecular complexity index is 663. The molecule has 0 aliphatic heterocycles. The molecule has 4 rings (SSSR count). The smallest absolute Gasteiger partial charge is 0.220 e. The summed E-state index contributed by atoms with van der Waals surface area (Å²) in [5.74, 6) is 3.02. The van der Waals surface area contributed by atoms with E-state index in [4.69, 9.17) is 0 Å². The first-order valence-corrected chi connectivity index (χ1v) is 13.3. The van der Waals surface area contributed by atoms with E-state index in [1.54, 1.807) is 0 Å². The van der Waals surface area contributed by atoms with E-state index in [-0.39, 0.29) is 5.91 Å². The van der Waals surface area contributed by atoms with Crippen LogP contribution < -0.4 is 5.32 Å². The Morgan fingerprint density at radius 2 is 1.74 bits per heavy atom. The number of rotatable bonds is 6. The van der Waals surface area contributed by atoms with E-state index < -0.39 is 5.79 Å². The maximum absolute atomic E-state index is 12.1. The molecule has 4 saturated carbocycles. The van der Waals surface area contributed by atoms with Crippen LogP contribution in [0.2, 0.25) is 0 Å². The first-order valence-electron chi connectivity index (χ1n) is 13.3. The highest BCUT2D eigenvalue weighted by Gasteiger charge is 2.61. The van der Waals surface area contributed by atoms with E-state index in [0.717, 1.165) is 49.5 Å². The minimum atomic E-state index is -1.43. The number of carbonyl (C=O) groups is 1.